The summed E-state index contributed by atoms with van der Waals surface area (Å²) in [6, 6.07) is 6.00. The first-order valence-corrected chi connectivity index (χ1v) is 7.41. The molecule has 0 aliphatic rings. The predicted octanol–water partition coefficient (Wildman–Crippen LogP) is 3.48. The molecule has 0 spiro atoms. The monoisotopic (exact) mass is 333 g/mol. The average Bonchev–Trinajstić information content (AvgIpc) is 2.52. The molecule has 24 heavy (non-hydrogen) atoms. The van der Waals surface area contributed by atoms with E-state index in [-0.39, 0.29) is 16.7 Å². The van der Waals surface area contributed by atoms with E-state index in [1.165, 1.54) is 31.5 Å². The average molecular weight is 333 g/mol. The zero-order valence-electron chi connectivity index (χ0n) is 14.0. The summed E-state index contributed by atoms with van der Waals surface area (Å²) in [4.78, 5) is 15.5. The molecule has 0 saturated carbocycles. The molecule has 0 amide bonds. The van der Waals surface area contributed by atoms with Crippen molar-refractivity contribution in [2.24, 2.45) is 0 Å². The van der Waals surface area contributed by atoms with E-state index in [2.05, 4.69) is 4.98 Å². The number of aliphatic hydroxyl groups is 1. The topological polar surface area (TPSA) is 68.7 Å². The van der Waals surface area contributed by atoms with Crippen LogP contribution in [0.15, 0.2) is 36.7 Å². The molecule has 1 aromatic heterocycles. The van der Waals surface area contributed by atoms with Crippen LogP contribution >= 0.6 is 0 Å². The van der Waals surface area contributed by atoms with Crippen molar-refractivity contribution >= 4 is 5.97 Å². The van der Waals surface area contributed by atoms with E-state index < -0.39 is 23.7 Å². The fourth-order valence-electron chi connectivity index (χ4n) is 2.25. The highest BCUT2D eigenvalue weighted by Gasteiger charge is 2.23. The van der Waals surface area contributed by atoms with Crippen molar-refractivity contribution in [2.45, 2.75) is 32.7 Å². The maximum atomic E-state index is 14.1. The molecule has 128 valence electrons. The molecule has 1 N–H and O–H groups in total. The first-order chi connectivity index (χ1) is 11.2. The lowest BCUT2D eigenvalue weighted by Gasteiger charge is -2.26. The molecule has 2 aromatic rings. The molecule has 0 aliphatic carbocycles. The SMILES string of the molecule is COC(=O)c1ccc(-c2ccncc2F)c(C(O)OC(C)(C)C)c1. The predicted molar refractivity (Wildman–Crippen MR) is 86.8 cm³/mol. The number of methoxy groups -OCH3 is 1. The minimum absolute atomic E-state index is 0.238. The van der Waals surface area contributed by atoms with Crippen molar-refractivity contribution < 1.29 is 23.8 Å². The summed E-state index contributed by atoms with van der Waals surface area (Å²) in [6.07, 6.45) is 1.20. The molecule has 0 aliphatic heterocycles. The van der Waals surface area contributed by atoms with Crippen LogP contribution in [-0.2, 0) is 9.47 Å². The normalized spacial score (nSPS) is 12.8. The van der Waals surface area contributed by atoms with Gasteiger partial charge in [0.25, 0.3) is 0 Å². The third-order valence-corrected chi connectivity index (χ3v) is 3.27. The Kier molecular flexibility index (Phi) is 5.31. The van der Waals surface area contributed by atoms with E-state index in [0.717, 1.165) is 6.20 Å². The van der Waals surface area contributed by atoms with Gasteiger partial charge < -0.3 is 14.6 Å². The minimum atomic E-state index is -1.34. The number of hydrogen-bond donors (Lipinski definition) is 1. The van der Waals surface area contributed by atoms with Crippen LogP contribution in [-0.4, -0.2) is 28.8 Å². The quantitative estimate of drug-likeness (QED) is 0.685. The van der Waals surface area contributed by atoms with Gasteiger partial charge in [0.05, 0.1) is 24.5 Å². The molecular weight excluding hydrogens is 313 g/mol. The van der Waals surface area contributed by atoms with Crippen molar-refractivity contribution in [3.63, 3.8) is 0 Å². The van der Waals surface area contributed by atoms with Crippen LogP contribution in [0.4, 0.5) is 4.39 Å². The van der Waals surface area contributed by atoms with E-state index in [1.807, 2.05) is 0 Å². The van der Waals surface area contributed by atoms with Gasteiger partial charge in [0.2, 0.25) is 0 Å². The zero-order valence-corrected chi connectivity index (χ0v) is 14.0. The van der Waals surface area contributed by atoms with Gasteiger partial charge in [-0.3, -0.25) is 4.98 Å². The summed E-state index contributed by atoms with van der Waals surface area (Å²) >= 11 is 0. The molecule has 2 rings (SSSR count). The summed E-state index contributed by atoms with van der Waals surface area (Å²) in [7, 11) is 1.26. The van der Waals surface area contributed by atoms with E-state index >= 15 is 0 Å². The minimum Gasteiger partial charge on any atom is -0.465 e. The highest BCUT2D eigenvalue weighted by molar-refractivity contribution is 5.90. The number of benzene rings is 1. The van der Waals surface area contributed by atoms with Crippen molar-refractivity contribution in [2.75, 3.05) is 7.11 Å². The van der Waals surface area contributed by atoms with Crippen LogP contribution in [0.5, 0.6) is 0 Å². The maximum absolute atomic E-state index is 14.1. The van der Waals surface area contributed by atoms with Gasteiger partial charge in [-0.2, -0.15) is 0 Å². The Morgan fingerprint density at radius 3 is 2.54 bits per heavy atom. The Morgan fingerprint density at radius 1 is 1.25 bits per heavy atom. The van der Waals surface area contributed by atoms with Crippen molar-refractivity contribution in [1.29, 1.82) is 0 Å². The molecule has 0 fully saturated rings. The Labute approximate surface area is 140 Å². The highest BCUT2D eigenvalue weighted by atomic mass is 19.1. The van der Waals surface area contributed by atoms with Crippen molar-refractivity contribution in [3.8, 4) is 11.1 Å². The maximum Gasteiger partial charge on any atom is 0.337 e. The van der Waals surface area contributed by atoms with E-state index in [1.54, 1.807) is 26.8 Å². The molecule has 1 heterocycles. The van der Waals surface area contributed by atoms with Gasteiger partial charge in [-0.15, -0.1) is 0 Å². The second-order valence-corrected chi connectivity index (χ2v) is 6.23. The fraction of sp³-hybridized carbons (Fsp3) is 0.333. The molecule has 0 saturated heterocycles. The lowest BCUT2D eigenvalue weighted by Crippen LogP contribution is -2.23. The Morgan fingerprint density at radius 2 is 1.96 bits per heavy atom. The number of aromatic nitrogens is 1. The number of nitrogens with zero attached hydrogens (tertiary/aromatic N) is 1. The van der Waals surface area contributed by atoms with Crippen LogP contribution in [0.25, 0.3) is 11.1 Å². The van der Waals surface area contributed by atoms with Crippen molar-refractivity contribution in [3.05, 3.63) is 53.6 Å². The van der Waals surface area contributed by atoms with Gasteiger partial charge in [-0.25, -0.2) is 9.18 Å². The lowest BCUT2D eigenvalue weighted by molar-refractivity contribution is -0.169. The number of carbonyl (C=O) groups excluding carboxylic acids is 1. The number of esters is 1. The summed E-state index contributed by atoms with van der Waals surface area (Å²) in [5, 5.41) is 10.5. The smallest absolute Gasteiger partial charge is 0.337 e. The number of aliphatic hydroxyl groups excluding tert-OH is 1. The third kappa shape index (κ3) is 4.15. The molecular formula is C18H20FNO4. The summed E-state index contributed by atoms with van der Waals surface area (Å²) < 4.78 is 24.4. The molecule has 6 heteroatoms. The van der Waals surface area contributed by atoms with Crippen molar-refractivity contribution in [1.82, 2.24) is 4.98 Å². The zero-order chi connectivity index (χ0) is 17.9. The molecule has 5 nitrogen and oxygen atoms in total. The first-order valence-electron chi connectivity index (χ1n) is 7.41. The van der Waals surface area contributed by atoms with E-state index in [0.29, 0.717) is 5.56 Å². The third-order valence-electron chi connectivity index (χ3n) is 3.27. The molecule has 0 bridgehead atoms. The molecule has 0 radical (unpaired) electrons. The van der Waals surface area contributed by atoms with Gasteiger partial charge in [0.15, 0.2) is 6.29 Å². The number of halogens is 1. The first kappa shape index (κ1) is 18.0. The van der Waals surface area contributed by atoms with Gasteiger partial charge in [-0.1, -0.05) is 6.07 Å². The molecule has 1 unspecified atom stereocenters. The fourth-order valence-corrected chi connectivity index (χ4v) is 2.25. The second-order valence-electron chi connectivity index (χ2n) is 6.23. The van der Waals surface area contributed by atoms with Gasteiger partial charge in [0, 0.05) is 17.3 Å². The highest BCUT2D eigenvalue weighted by Crippen LogP contribution is 2.33. The lowest BCUT2D eigenvalue weighted by atomic mass is 9.97. The van der Waals surface area contributed by atoms with Gasteiger partial charge in [0.1, 0.15) is 5.82 Å². The van der Waals surface area contributed by atoms with Gasteiger partial charge >= 0.3 is 5.97 Å². The number of rotatable bonds is 4. The van der Waals surface area contributed by atoms with Crippen LogP contribution < -0.4 is 0 Å². The number of hydrogen-bond acceptors (Lipinski definition) is 5. The Hall–Kier alpha value is -2.31. The number of pyridine rings is 1. The van der Waals surface area contributed by atoms with E-state index in [9.17, 15) is 14.3 Å². The second kappa shape index (κ2) is 7.07. The Bertz CT molecular complexity index is 740. The standard InChI is InChI=1S/C18H20FNO4/c1-18(2,3)24-17(22)14-9-11(16(21)23-4)5-6-12(14)13-7-8-20-10-15(13)19/h5-10,17,22H,1-4H3. The van der Waals surface area contributed by atoms with Crippen LogP contribution in [0.3, 0.4) is 0 Å². The summed E-state index contributed by atoms with van der Waals surface area (Å²) in [5.41, 5.74) is 0.557. The number of ether oxygens (including phenoxy) is 2. The Balaban J connectivity index is 2.58. The largest absolute Gasteiger partial charge is 0.465 e. The van der Waals surface area contributed by atoms with Crippen LogP contribution in [0.2, 0.25) is 0 Å². The van der Waals surface area contributed by atoms with Crippen LogP contribution in [0, 0.1) is 5.82 Å². The van der Waals surface area contributed by atoms with Gasteiger partial charge in [-0.05, 0) is 44.5 Å². The van der Waals surface area contributed by atoms with Crippen LogP contribution in [0.1, 0.15) is 43.0 Å². The summed E-state index contributed by atoms with van der Waals surface area (Å²) in [6.45, 7) is 5.35. The number of carbonyl (C=O) groups is 1. The summed E-state index contributed by atoms with van der Waals surface area (Å²) in [5.74, 6) is -1.09. The molecule has 1 aromatic carbocycles. The molecule has 1 atom stereocenters. The van der Waals surface area contributed by atoms with E-state index in [4.69, 9.17) is 9.47 Å².